The van der Waals surface area contributed by atoms with Crippen LogP contribution in [-0.4, -0.2) is 25.1 Å². The molecule has 0 radical (unpaired) electrons. The minimum absolute atomic E-state index is 0.277. The number of hydrogen-bond acceptors (Lipinski definition) is 5. The molecule has 4 aromatic rings. The molecular formula is C22H17BrN2O4. The van der Waals surface area contributed by atoms with Crippen LogP contribution in [0.25, 0.3) is 22.6 Å². The number of amides is 1. The summed E-state index contributed by atoms with van der Waals surface area (Å²) in [4.78, 5) is 17.3. The van der Waals surface area contributed by atoms with E-state index in [-0.39, 0.29) is 5.91 Å². The summed E-state index contributed by atoms with van der Waals surface area (Å²) in [5, 5.41) is 2.89. The van der Waals surface area contributed by atoms with Crippen LogP contribution >= 0.6 is 15.9 Å². The number of carbonyl (C=O) groups excluding carboxylic acids is 1. The van der Waals surface area contributed by atoms with Crippen LogP contribution in [0.3, 0.4) is 0 Å². The van der Waals surface area contributed by atoms with Crippen molar-refractivity contribution in [3.63, 3.8) is 0 Å². The number of rotatable bonds is 5. The number of aromatic nitrogens is 1. The number of nitrogens with zero attached hydrogens (tertiary/aromatic N) is 1. The Bertz CT molecular complexity index is 1170. The predicted molar refractivity (Wildman–Crippen MR) is 115 cm³/mol. The van der Waals surface area contributed by atoms with E-state index in [0.717, 1.165) is 11.1 Å². The van der Waals surface area contributed by atoms with E-state index >= 15 is 0 Å². The van der Waals surface area contributed by atoms with Gasteiger partial charge in [0.1, 0.15) is 17.0 Å². The molecule has 0 spiro atoms. The molecule has 0 unspecified atom stereocenters. The highest BCUT2D eigenvalue weighted by atomic mass is 79.9. The molecule has 0 bridgehead atoms. The van der Waals surface area contributed by atoms with Gasteiger partial charge in [-0.2, -0.15) is 0 Å². The standard InChI is InChI=1S/C22H17BrN2O4/c1-27-18-9-7-13(11-15(18)23)21(26)24-17-12-14(8-10-19(17)28-2)22-25-16-5-3-4-6-20(16)29-22/h3-12H,1-2H3,(H,24,26). The first-order chi connectivity index (χ1) is 14.1. The van der Waals surface area contributed by atoms with Crippen molar-refractivity contribution in [3.05, 3.63) is 70.7 Å². The molecule has 1 amide bonds. The van der Waals surface area contributed by atoms with Crippen molar-refractivity contribution >= 4 is 38.6 Å². The minimum atomic E-state index is -0.277. The van der Waals surface area contributed by atoms with Crippen molar-refractivity contribution < 1.29 is 18.7 Å². The third-order valence-electron chi connectivity index (χ3n) is 4.40. The van der Waals surface area contributed by atoms with Crippen LogP contribution in [0.4, 0.5) is 5.69 Å². The minimum Gasteiger partial charge on any atom is -0.496 e. The van der Waals surface area contributed by atoms with Gasteiger partial charge in [-0.15, -0.1) is 0 Å². The first-order valence-electron chi connectivity index (χ1n) is 8.78. The first-order valence-corrected chi connectivity index (χ1v) is 9.57. The average Bonchev–Trinajstić information content (AvgIpc) is 3.18. The van der Waals surface area contributed by atoms with Crippen molar-refractivity contribution in [1.29, 1.82) is 0 Å². The molecule has 0 atom stereocenters. The maximum absolute atomic E-state index is 12.8. The van der Waals surface area contributed by atoms with Gasteiger partial charge in [-0.3, -0.25) is 4.79 Å². The molecule has 1 heterocycles. The van der Waals surface area contributed by atoms with Gasteiger partial charge in [0, 0.05) is 11.1 Å². The molecule has 0 fully saturated rings. The number of oxazole rings is 1. The normalized spacial score (nSPS) is 10.7. The second-order valence-electron chi connectivity index (χ2n) is 6.21. The Hall–Kier alpha value is -3.32. The summed E-state index contributed by atoms with van der Waals surface area (Å²) in [5.74, 6) is 1.38. The predicted octanol–water partition coefficient (Wildman–Crippen LogP) is 5.53. The van der Waals surface area contributed by atoms with E-state index < -0.39 is 0 Å². The highest BCUT2D eigenvalue weighted by Gasteiger charge is 2.15. The Kier molecular flexibility index (Phi) is 5.22. The summed E-state index contributed by atoms with van der Waals surface area (Å²) in [6.45, 7) is 0. The molecule has 0 saturated carbocycles. The smallest absolute Gasteiger partial charge is 0.255 e. The summed E-state index contributed by atoms with van der Waals surface area (Å²) in [5.41, 5.74) is 3.20. The quantitative estimate of drug-likeness (QED) is 0.431. The zero-order valence-corrected chi connectivity index (χ0v) is 17.3. The Morgan fingerprint density at radius 2 is 1.76 bits per heavy atom. The molecule has 7 heteroatoms. The zero-order chi connectivity index (χ0) is 20.4. The lowest BCUT2D eigenvalue weighted by Gasteiger charge is -2.12. The molecule has 1 N–H and O–H groups in total. The van der Waals surface area contributed by atoms with E-state index in [1.807, 2.05) is 30.3 Å². The number of halogens is 1. The molecule has 0 saturated heterocycles. The maximum Gasteiger partial charge on any atom is 0.255 e. The van der Waals surface area contributed by atoms with E-state index in [2.05, 4.69) is 26.2 Å². The molecule has 29 heavy (non-hydrogen) atoms. The lowest BCUT2D eigenvalue weighted by molar-refractivity contribution is 0.102. The van der Waals surface area contributed by atoms with Gasteiger partial charge in [-0.05, 0) is 64.5 Å². The first kappa shape index (κ1) is 19.0. The zero-order valence-electron chi connectivity index (χ0n) is 15.7. The molecule has 1 aromatic heterocycles. The lowest BCUT2D eigenvalue weighted by Crippen LogP contribution is -2.13. The van der Waals surface area contributed by atoms with Gasteiger partial charge in [0.15, 0.2) is 5.58 Å². The van der Waals surface area contributed by atoms with Gasteiger partial charge in [0.2, 0.25) is 5.89 Å². The second kappa shape index (κ2) is 7.97. The fourth-order valence-electron chi connectivity index (χ4n) is 2.94. The lowest BCUT2D eigenvalue weighted by atomic mass is 10.1. The fraction of sp³-hybridized carbons (Fsp3) is 0.0909. The Morgan fingerprint density at radius 1 is 1.00 bits per heavy atom. The van der Waals surface area contributed by atoms with E-state index in [9.17, 15) is 4.79 Å². The topological polar surface area (TPSA) is 73.6 Å². The van der Waals surface area contributed by atoms with Crippen LogP contribution in [0.1, 0.15) is 10.4 Å². The van der Waals surface area contributed by atoms with Crippen molar-refractivity contribution in [2.45, 2.75) is 0 Å². The molecule has 0 aliphatic carbocycles. The summed E-state index contributed by atoms with van der Waals surface area (Å²) in [7, 11) is 3.12. The van der Waals surface area contributed by atoms with E-state index in [1.54, 1.807) is 44.6 Å². The third kappa shape index (κ3) is 3.82. The van der Waals surface area contributed by atoms with Crippen LogP contribution in [0.2, 0.25) is 0 Å². The number of para-hydroxylation sites is 2. The van der Waals surface area contributed by atoms with Gasteiger partial charge >= 0.3 is 0 Å². The summed E-state index contributed by atoms with van der Waals surface area (Å²) in [6.07, 6.45) is 0. The third-order valence-corrected chi connectivity index (χ3v) is 5.02. The van der Waals surface area contributed by atoms with Crippen molar-refractivity contribution in [2.24, 2.45) is 0 Å². The number of carbonyl (C=O) groups is 1. The summed E-state index contributed by atoms with van der Waals surface area (Å²) >= 11 is 3.40. The Balaban J connectivity index is 1.66. The Morgan fingerprint density at radius 3 is 2.48 bits per heavy atom. The number of fused-ring (bicyclic) bond motifs is 1. The van der Waals surface area contributed by atoms with Crippen LogP contribution in [-0.2, 0) is 0 Å². The molecule has 4 rings (SSSR count). The van der Waals surface area contributed by atoms with E-state index in [4.69, 9.17) is 13.9 Å². The molecule has 3 aromatic carbocycles. The fourth-order valence-corrected chi connectivity index (χ4v) is 3.48. The number of hydrogen-bond donors (Lipinski definition) is 1. The summed E-state index contributed by atoms with van der Waals surface area (Å²) < 4.78 is 17.1. The van der Waals surface area contributed by atoms with Crippen LogP contribution in [0.5, 0.6) is 11.5 Å². The SMILES string of the molecule is COc1ccc(C(=O)Nc2cc(-c3nc4ccccc4o3)ccc2OC)cc1Br. The van der Waals surface area contributed by atoms with Crippen LogP contribution in [0.15, 0.2) is 69.6 Å². The van der Waals surface area contributed by atoms with Crippen LogP contribution < -0.4 is 14.8 Å². The molecule has 6 nitrogen and oxygen atoms in total. The number of methoxy groups -OCH3 is 2. The van der Waals surface area contributed by atoms with Crippen molar-refractivity contribution in [3.8, 4) is 23.0 Å². The highest BCUT2D eigenvalue weighted by molar-refractivity contribution is 9.10. The molecular weight excluding hydrogens is 436 g/mol. The van der Waals surface area contributed by atoms with Crippen LogP contribution in [0, 0.1) is 0 Å². The van der Waals surface area contributed by atoms with Gasteiger partial charge in [-0.1, -0.05) is 12.1 Å². The number of ether oxygens (including phenoxy) is 2. The largest absolute Gasteiger partial charge is 0.496 e. The maximum atomic E-state index is 12.8. The van der Waals surface area contributed by atoms with Gasteiger partial charge in [-0.25, -0.2) is 4.98 Å². The van der Waals surface area contributed by atoms with Gasteiger partial charge < -0.3 is 19.2 Å². The average molecular weight is 453 g/mol. The molecule has 146 valence electrons. The Labute approximate surface area is 175 Å². The highest BCUT2D eigenvalue weighted by Crippen LogP contribution is 2.32. The van der Waals surface area contributed by atoms with Crippen molar-refractivity contribution in [2.75, 3.05) is 19.5 Å². The number of anilines is 1. The summed E-state index contributed by atoms with van der Waals surface area (Å²) in [6, 6.07) is 18.0. The second-order valence-corrected chi connectivity index (χ2v) is 7.06. The van der Waals surface area contributed by atoms with E-state index in [0.29, 0.717) is 38.7 Å². The molecule has 0 aliphatic rings. The number of nitrogens with one attached hydrogen (secondary N) is 1. The molecule has 0 aliphatic heterocycles. The van der Waals surface area contributed by atoms with Crippen molar-refractivity contribution in [1.82, 2.24) is 4.98 Å². The van der Waals surface area contributed by atoms with Gasteiger partial charge in [0.05, 0.1) is 24.4 Å². The van der Waals surface area contributed by atoms with Gasteiger partial charge in [0.25, 0.3) is 5.91 Å². The van der Waals surface area contributed by atoms with E-state index in [1.165, 1.54) is 0 Å². The monoisotopic (exact) mass is 452 g/mol. The number of benzene rings is 3.